The van der Waals surface area contributed by atoms with Crippen molar-refractivity contribution < 1.29 is 14.0 Å². The van der Waals surface area contributed by atoms with E-state index < -0.39 is 0 Å². The number of rotatable bonds is 6. The van der Waals surface area contributed by atoms with Crippen molar-refractivity contribution >= 4 is 28.3 Å². The minimum Gasteiger partial charge on any atom is -0.467 e. The van der Waals surface area contributed by atoms with Crippen molar-refractivity contribution in [2.45, 2.75) is 26.9 Å². The number of aromatic nitrogens is 1. The summed E-state index contributed by atoms with van der Waals surface area (Å²) in [5.41, 5.74) is 1.60. The Morgan fingerprint density at radius 2 is 1.96 bits per heavy atom. The predicted octanol–water partition coefficient (Wildman–Crippen LogP) is 3.53. The molecule has 3 rings (SSSR count). The Balaban J connectivity index is 1.76. The molecule has 0 aliphatic rings. The van der Waals surface area contributed by atoms with Gasteiger partial charge in [-0.25, -0.2) is 4.98 Å². The Morgan fingerprint density at radius 1 is 1.19 bits per heavy atom. The Labute approximate surface area is 155 Å². The lowest BCUT2D eigenvalue weighted by atomic mass is 10.2. The fourth-order valence-electron chi connectivity index (χ4n) is 2.45. The predicted molar refractivity (Wildman–Crippen MR) is 100 cm³/mol. The van der Waals surface area contributed by atoms with E-state index in [1.54, 1.807) is 30.2 Å². The third-order valence-electron chi connectivity index (χ3n) is 3.79. The van der Waals surface area contributed by atoms with Gasteiger partial charge in [-0.1, -0.05) is 41.7 Å². The molecule has 3 aromatic rings. The van der Waals surface area contributed by atoms with Crippen molar-refractivity contribution in [2.24, 2.45) is 0 Å². The molecule has 0 aliphatic heterocycles. The topological polar surface area (TPSA) is 75.4 Å². The number of thiazole rings is 1. The number of amides is 2. The van der Waals surface area contributed by atoms with Gasteiger partial charge in [0.15, 0.2) is 5.13 Å². The molecule has 0 bridgehead atoms. The number of anilines is 1. The quantitative estimate of drug-likeness (QED) is 0.721. The van der Waals surface area contributed by atoms with Gasteiger partial charge in [0.1, 0.15) is 10.6 Å². The Kier molecular flexibility index (Phi) is 5.48. The van der Waals surface area contributed by atoms with E-state index in [1.165, 1.54) is 18.3 Å². The van der Waals surface area contributed by atoms with E-state index in [-0.39, 0.29) is 11.8 Å². The van der Waals surface area contributed by atoms with Gasteiger partial charge in [-0.05, 0) is 24.6 Å². The van der Waals surface area contributed by atoms with Crippen LogP contribution in [0.2, 0.25) is 0 Å². The molecule has 26 heavy (non-hydrogen) atoms. The zero-order valence-corrected chi connectivity index (χ0v) is 15.4. The van der Waals surface area contributed by atoms with Gasteiger partial charge in [0, 0.05) is 6.92 Å². The molecule has 1 N–H and O–H groups in total. The molecule has 0 aliphatic carbocycles. The van der Waals surface area contributed by atoms with Crippen LogP contribution >= 0.6 is 11.3 Å². The van der Waals surface area contributed by atoms with Crippen LogP contribution in [0.1, 0.15) is 33.6 Å². The van der Waals surface area contributed by atoms with Crippen LogP contribution in [0.5, 0.6) is 0 Å². The first-order valence-electron chi connectivity index (χ1n) is 8.14. The maximum atomic E-state index is 12.4. The van der Waals surface area contributed by atoms with Crippen molar-refractivity contribution in [3.05, 3.63) is 70.6 Å². The lowest BCUT2D eigenvalue weighted by Gasteiger charge is -2.17. The molecule has 1 aromatic carbocycles. The molecular weight excluding hydrogens is 350 g/mol. The minimum absolute atomic E-state index is 0.120. The van der Waals surface area contributed by atoms with E-state index >= 15 is 0 Å². The van der Waals surface area contributed by atoms with Crippen molar-refractivity contribution in [1.29, 1.82) is 0 Å². The van der Waals surface area contributed by atoms with Gasteiger partial charge in [0.05, 0.1) is 25.0 Å². The molecule has 0 unspecified atom stereocenters. The van der Waals surface area contributed by atoms with Crippen LogP contribution in [0.4, 0.5) is 5.13 Å². The summed E-state index contributed by atoms with van der Waals surface area (Å²) in [7, 11) is 0. The van der Waals surface area contributed by atoms with Crippen LogP contribution in [0, 0.1) is 6.92 Å². The first-order chi connectivity index (χ1) is 12.5. The molecule has 7 heteroatoms. The summed E-state index contributed by atoms with van der Waals surface area (Å²) in [6.07, 6.45) is 1.56. The summed E-state index contributed by atoms with van der Waals surface area (Å²) in [5.74, 6) is 0.325. The number of carbonyl (C=O) groups is 2. The second-order valence-electron chi connectivity index (χ2n) is 5.76. The zero-order valence-electron chi connectivity index (χ0n) is 14.6. The third kappa shape index (κ3) is 4.18. The van der Waals surface area contributed by atoms with E-state index in [2.05, 4.69) is 10.3 Å². The largest absolute Gasteiger partial charge is 0.467 e. The first-order valence-corrected chi connectivity index (χ1v) is 8.96. The summed E-state index contributed by atoms with van der Waals surface area (Å²) in [6.45, 7) is 3.98. The van der Waals surface area contributed by atoms with Crippen LogP contribution < -0.4 is 10.2 Å². The minimum atomic E-state index is -0.231. The average Bonchev–Trinajstić information content (AvgIpc) is 3.28. The number of hydrogen-bond acceptors (Lipinski definition) is 5. The number of nitrogens with one attached hydrogen (secondary N) is 1. The molecule has 0 saturated carbocycles. The fourth-order valence-corrected chi connectivity index (χ4v) is 3.48. The van der Waals surface area contributed by atoms with Crippen LogP contribution in [0.25, 0.3) is 0 Å². The van der Waals surface area contributed by atoms with Gasteiger partial charge < -0.3 is 9.73 Å². The molecule has 6 nitrogen and oxygen atoms in total. The molecular formula is C19H19N3O3S. The lowest BCUT2D eigenvalue weighted by molar-refractivity contribution is -0.116. The summed E-state index contributed by atoms with van der Waals surface area (Å²) in [5, 5.41) is 3.32. The third-order valence-corrected chi connectivity index (χ3v) is 4.97. The SMILES string of the molecule is CC(=O)N(Cc1ccccc1)c1nc(C)c(C(=O)NCc2ccco2)s1. The van der Waals surface area contributed by atoms with Crippen molar-refractivity contribution in [3.63, 3.8) is 0 Å². The second kappa shape index (κ2) is 7.97. The van der Waals surface area contributed by atoms with E-state index in [0.29, 0.717) is 34.6 Å². The van der Waals surface area contributed by atoms with Crippen LogP contribution in [0.3, 0.4) is 0 Å². The highest BCUT2D eigenvalue weighted by atomic mass is 32.1. The van der Waals surface area contributed by atoms with Gasteiger partial charge in [-0.2, -0.15) is 0 Å². The van der Waals surface area contributed by atoms with E-state index in [9.17, 15) is 9.59 Å². The van der Waals surface area contributed by atoms with E-state index in [0.717, 1.165) is 5.56 Å². The Hall–Kier alpha value is -2.93. The molecule has 134 valence electrons. The average molecular weight is 369 g/mol. The molecule has 0 atom stereocenters. The van der Waals surface area contributed by atoms with Gasteiger partial charge >= 0.3 is 0 Å². The van der Waals surface area contributed by atoms with Crippen LogP contribution in [0.15, 0.2) is 53.1 Å². The summed E-state index contributed by atoms with van der Waals surface area (Å²) in [4.78, 5) is 31.0. The van der Waals surface area contributed by atoms with Crippen molar-refractivity contribution in [1.82, 2.24) is 10.3 Å². The van der Waals surface area contributed by atoms with Crippen molar-refractivity contribution in [3.8, 4) is 0 Å². The standard InChI is InChI=1S/C19H19N3O3S/c1-13-17(18(24)20-11-16-9-6-10-25-16)26-19(21-13)22(14(2)23)12-15-7-4-3-5-8-15/h3-10H,11-12H2,1-2H3,(H,20,24). The van der Waals surface area contributed by atoms with Gasteiger partial charge in [0.25, 0.3) is 5.91 Å². The Bertz CT molecular complexity index is 888. The number of furan rings is 1. The highest BCUT2D eigenvalue weighted by Gasteiger charge is 2.21. The zero-order chi connectivity index (χ0) is 18.5. The number of aryl methyl sites for hydroxylation is 1. The fraction of sp³-hybridized carbons (Fsp3) is 0.211. The summed E-state index contributed by atoms with van der Waals surface area (Å²) < 4.78 is 5.21. The second-order valence-corrected chi connectivity index (χ2v) is 6.74. The maximum absolute atomic E-state index is 12.4. The lowest BCUT2D eigenvalue weighted by Crippen LogP contribution is -2.27. The van der Waals surface area contributed by atoms with Crippen LogP contribution in [-0.2, 0) is 17.9 Å². The molecule has 2 aromatic heterocycles. The Morgan fingerprint density at radius 3 is 2.62 bits per heavy atom. The number of carbonyl (C=O) groups excluding carboxylic acids is 2. The molecule has 2 amide bonds. The first kappa shape index (κ1) is 17.9. The summed E-state index contributed by atoms with van der Waals surface area (Å²) in [6, 6.07) is 13.2. The van der Waals surface area contributed by atoms with Gasteiger partial charge in [-0.3, -0.25) is 14.5 Å². The summed E-state index contributed by atoms with van der Waals surface area (Å²) >= 11 is 1.21. The smallest absolute Gasteiger partial charge is 0.263 e. The van der Waals surface area contributed by atoms with Crippen molar-refractivity contribution in [2.75, 3.05) is 4.90 Å². The van der Waals surface area contributed by atoms with E-state index in [4.69, 9.17) is 4.42 Å². The maximum Gasteiger partial charge on any atom is 0.263 e. The number of hydrogen-bond donors (Lipinski definition) is 1. The molecule has 0 spiro atoms. The van der Waals surface area contributed by atoms with Crippen LogP contribution in [-0.4, -0.2) is 16.8 Å². The highest BCUT2D eigenvalue weighted by Crippen LogP contribution is 2.27. The van der Waals surface area contributed by atoms with Gasteiger partial charge in [-0.15, -0.1) is 0 Å². The normalized spacial score (nSPS) is 10.5. The molecule has 0 fully saturated rings. The highest BCUT2D eigenvalue weighted by molar-refractivity contribution is 7.17. The molecule has 2 heterocycles. The molecule has 0 saturated heterocycles. The molecule has 0 radical (unpaired) electrons. The van der Waals surface area contributed by atoms with Gasteiger partial charge in [0.2, 0.25) is 5.91 Å². The van der Waals surface area contributed by atoms with E-state index in [1.807, 2.05) is 30.3 Å². The number of nitrogens with zero attached hydrogens (tertiary/aromatic N) is 2. The number of benzene rings is 1. The monoisotopic (exact) mass is 369 g/mol.